The number of piperidine rings is 1. The number of benzene rings is 1. The second-order valence-electron chi connectivity index (χ2n) is 5.86. The van der Waals surface area contributed by atoms with E-state index in [0.29, 0.717) is 18.7 Å². The monoisotopic (exact) mass is 371 g/mol. The van der Waals surface area contributed by atoms with E-state index in [1.807, 2.05) is 0 Å². The lowest BCUT2D eigenvalue weighted by atomic mass is 9.86. The number of aryl methyl sites for hydroxylation is 1. The minimum Gasteiger partial charge on any atom is -0.351 e. The van der Waals surface area contributed by atoms with Gasteiger partial charge in [-0.15, -0.1) is 12.4 Å². The number of hydrogen-bond donors (Lipinski definition) is 2. The number of carbonyl (C=O) groups is 1. The van der Waals surface area contributed by atoms with Gasteiger partial charge in [0.1, 0.15) is 12.7 Å². The Morgan fingerprint density at radius 3 is 2.92 bits per heavy atom. The predicted molar refractivity (Wildman–Crippen MR) is 90.4 cm³/mol. The van der Waals surface area contributed by atoms with Gasteiger partial charge in [0.2, 0.25) is 5.91 Å². The molecular weight excluding hydrogens is 352 g/mol. The normalized spacial score (nSPS) is 19.9. The number of hydrogen-bond acceptors (Lipinski definition) is 4. The molecule has 2 unspecified atom stereocenters. The van der Waals surface area contributed by atoms with Crippen LogP contribution in [0.2, 0.25) is 0 Å². The summed E-state index contributed by atoms with van der Waals surface area (Å²) in [5, 5.41) is 10.2. The van der Waals surface area contributed by atoms with Crippen LogP contribution >= 0.6 is 12.4 Å². The van der Waals surface area contributed by atoms with Gasteiger partial charge in [0.15, 0.2) is 11.6 Å². The van der Waals surface area contributed by atoms with Gasteiger partial charge in [-0.05, 0) is 30.7 Å². The maximum absolute atomic E-state index is 13.5. The zero-order valence-electron chi connectivity index (χ0n) is 13.5. The van der Waals surface area contributed by atoms with E-state index < -0.39 is 11.6 Å². The Bertz CT molecular complexity index is 698. The van der Waals surface area contributed by atoms with Crippen LogP contribution in [0.4, 0.5) is 8.78 Å². The van der Waals surface area contributed by atoms with Crippen LogP contribution in [0, 0.1) is 11.6 Å². The summed E-state index contributed by atoms with van der Waals surface area (Å²) in [6.45, 7) is 1.82. The lowest BCUT2D eigenvalue weighted by Crippen LogP contribution is -2.50. The number of nitrogens with zero attached hydrogens (tertiary/aromatic N) is 3. The van der Waals surface area contributed by atoms with Gasteiger partial charge >= 0.3 is 0 Å². The first kappa shape index (κ1) is 19.3. The quantitative estimate of drug-likeness (QED) is 0.838. The first-order chi connectivity index (χ1) is 11.6. The molecule has 136 valence electrons. The molecule has 9 heteroatoms. The van der Waals surface area contributed by atoms with Crippen molar-refractivity contribution in [2.75, 3.05) is 13.1 Å². The molecule has 1 aliphatic rings. The lowest BCUT2D eigenvalue weighted by Gasteiger charge is -2.33. The van der Waals surface area contributed by atoms with Crippen molar-refractivity contribution in [1.29, 1.82) is 0 Å². The van der Waals surface area contributed by atoms with Crippen LogP contribution in [0.5, 0.6) is 0 Å². The topological polar surface area (TPSA) is 71.8 Å². The summed E-state index contributed by atoms with van der Waals surface area (Å²) < 4.78 is 28.2. The van der Waals surface area contributed by atoms with Crippen molar-refractivity contribution in [2.45, 2.75) is 31.3 Å². The van der Waals surface area contributed by atoms with Crippen molar-refractivity contribution in [3.05, 3.63) is 48.1 Å². The fraction of sp³-hybridized carbons (Fsp3) is 0.438. The number of amides is 1. The summed E-state index contributed by atoms with van der Waals surface area (Å²) in [6, 6.07) is 3.78. The standard InChI is InChI=1S/C16H19F2N5O.ClH/c17-13-2-1-11(7-14(13)18)12-3-5-19-8-15(12)22-16(24)4-6-23-10-20-9-21-23;/h1-2,7,9-10,12,15,19H,3-6,8H2,(H,22,24);1H. The Morgan fingerprint density at radius 1 is 1.36 bits per heavy atom. The van der Waals surface area contributed by atoms with Crippen LogP contribution in [-0.4, -0.2) is 39.8 Å². The zero-order valence-corrected chi connectivity index (χ0v) is 14.3. The summed E-state index contributed by atoms with van der Waals surface area (Å²) in [6.07, 6.45) is 4.01. The minimum atomic E-state index is -0.860. The first-order valence-electron chi connectivity index (χ1n) is 7.91. The van der Waals surface area contributed by atoms with E-state index in [0.717, 1.165) is 19.0 Å². The van der Waals surface area contributed by atoms with Crippen molar-refractivity contribution in [3.8, 4) is 0 Å². The summed E-state index contributed by atoms with van der Waals surface area (Å²) >= 11 is 0. The van der Waals surface area contributed by atoms with Gasteiger partial charge in [0.25, 0.3) is 0 Å². The molecule has 1 aliphatic heterocycles. The molecule has 2 aromatic rings. The second-order valence-corrected chi connectivity index (χ2v) is 5.86. The number of aromatic nitrogens is 3. The van der Waals surface area contributed by atoms with E-state index in [4.69, 9.17) is 0 Å². The SMILES string of the molecule is Cl.O=C(CCn1cncn1)NC1CNCCC1c1ccc(F)c(F)c1. The van der Waals surface area contributed by atoms with Crippen LogP contribution < -0.4 is 10.6 Å². The highest BCUT2D eigenvalue weighted by Gasteiger charge is 2.28. The highest BCUT2D eigenvalue weighted by molar-refractivity contribution is 5.85. The van der Waals surface area contributed by atoms with Crippen LogP contribution in [-0.2, 0) is 11.3 Å². The Hall–Kier alpha value is -2.06. The molecular formula is C16H20ClF2N5O. The maximum atomic E-state index is 13.5. The lowest BCUT2D eigenvalue weighted by molar-refractivity contribution is -0.122. The number of nitrogens with one attached hydrogen (secondary N) is 2. The van der Waals surface area contributed by atoms with Crippen LogP contribution in [0.15, 0.2) is 30.9 Å². The van der Waals surface area contributed by atoms with Crippen LogP contribution in [0.3, 0.4) is 0 Å². The largest absolute Gasteiger partial charge is 0.351 e. The van der Waals surface area contributed by atoms with E-state index in [2.05, 4.69) is 20.7 Å². The molecule has 1 fully saturated rings. The van der Waals surface area contributed by atoms with E-state index in [1.165, 1.54) is 12.4 Å². The Morgan fingerprint density at radius 2 is 2.20 bits per heavy atom. The number of rotatable bonds is 5. The fourth-order valence-electron chi connectivity index (χ4n) is 3.00. The fourth-order valence-corrected chi connectivity index (χ4v) is 3.00. The second kappa shape index (κ2) is 8.87. The third-order valence-corrected chi connectivity index (χ3v) is 4.23. The number of halogens is 3. The van der Waals surface area contributed by atoms with Gasteiger partial charge < -0.3 is 10.6 Å². The predicted octanol–water partition coefficient (Wildman–Crippen LogP) is 1.63. The molecule has 2 N–H and O–H groups in total. The summed E-state index contributed by atoms with van der Waals surface area (Å²) in [5.74, 6) is -1.87. The summed E-state index contributed by atoms with van der Waals surface area (Å²) in [7, 11) is 0. The molecule has 0 radical (unpaired) electrons. The van der Waals surface area contributed by atoms with Gasteiger partial charge in [-0.3, -0.25) is 9.48 Å². The van der Waals surface area contributed by atoms with E-state index in [9.17, 15) is 13.6 Å². The van der Waals surface area contributed by atoms with Gasteiger partial charge in [-0.1, -0.05) is 6.07 Å². The molecule has 1 saturated heterocycles. The average molecular weight is 372 g/mol. The molecule has 0 spiro atoms. The van der Waals surface area contributed by atoms with Crippen molar-refractivity contribution in [1.82, 2.24) is 25.4 Å². The molecule has 3 rings (SSSR count). The third-order valence-electron chi connectivity index (χ3n) is 4.23. The van der Waals surface area contributed by atoms with Gasteiger partial charge in [0.05, 0.1) is 6.54 Å². The third kappa shape index (κ3) is 4.96. The number of carbonyl (C=O) groups excluding carboxylic acids is 1. The van der Waals surface area contributed by atoms with Crippen molar-refractivity contribution in [3.63, 3.8) is 0 Å². The average Bonchev–Trinajstić information content (AvgIpc) is 3.10. The smallest absolute Gasteiger partial charge is 0.222 e. The Balaban J connectivity index is 0.00000225. The maximum Gasteiger partial charge on any atom is 0.222 e. The summed E-state index contributed by atoms with van der Waals surface area (Å²) in [4.78, 5) is 16.0. The molecule has 0 saturated carbocycles. The Kier molecular flexibility index (Phi) is 6.83. The molecule has 2 atom stereocenters. The van der Waals surface area contributed by atoms with Crippen LogP contribution in [0.1, 0.15) is 24.3 Å². The molecule has 1 amide bonds. The van der Waals surface area contributed by atoms with Gasteiger partial charge in [-0.2, -0.15) is 5.10 Å². The van der Waals surface area contributed by atoms with Gasteiger partial charge in [0, 0.05) is 24.9 Å². The Labute approximate surface area is 150 Å². The molecule has 2 heterocycles. The van der Waals surface area contributed by atoms with Crippen LogP contribution in [0.25, 0.3) is 0 Å². The minimum absolute atomic E-state index is 0. The van der Waals surface area contributed by atoms with Crippen molar-refractivity contribution >= 4 is 18.3 Å². The molecule has 0 bridgehead atoms. The van der Waals surface area contributed by atoms with Gasteiger partial charge in [-0.25, -0.2) is 13.8 Å². The summed E-state index contributed by atoms with van der Waals surface area (Å²) in [5.41, 5.74) is 0.706. The molecule has 25 heavy (non-hydrogen) atoms. The van der Waals surface area contributed by atoms with Crippen molar-refractivity contribution < 1.29 is 13.6 Å². The zero-order chi connectivity index (χ0) is 16.9. The van der Waals surface area contributed by atoms with E-state index >= 15 is 0 Å². The van der Waals surface area contributed by atoms with Crippen molar-refractivity contribution in [2.24, 2.45) is 0 Å². The highest BCUT2D eigenvalue weighted by atomic mass is 35.5. The van der Waals surface area contributed by atoms with E-state index in [-0.39, 0.29) is 36.7 Å². The molecule has 6 nitrogen and oxygen atoms in total. The highest BCUT2D eigenvalue weighted by Crippen LogP contribution is 2.27. The first-order valence-corrected chi connectivity index (χ1v) is 7.91. The molecule has 1 aromatic carbocycles. The molecule has 0 aliphatic carbocycles. The molecule has 1 aromatic heterocycles. The van der Waals surface area contributed by atoms with E-state index in [1.54, 1.807) is 17.1 Å².